The number of nitrogens with zero attached hydrogens (tertiary/aromatic N) is 3. The highest BCUT2D eigenvalue weighted by Gasteiger charge is 2.18. The van der Waals surface area contributed by atoms with Crippen LogP contribution < -0.4 is 0 Å². The highest BCUT2D eigenvalue weighted by Crippen LogP contribution is 2.28. The normalized spacial score (nSPS) is 11.6. The molecule has 0 aliphatic carbocycles. The average Bonchev–Trinajstić information content (AvgIpc) is 2.96. The van der Waals surface area contributed by atoms with Crippen molar-refractivity contribution in [2.75, 3.05) is 0 Å². The topological polar surface area (TPSA) is 71.5 Å². The summed E-state index contributed by atoms with van der Waals surface area (Å²) in [7, 11) is 0. The first-order chi connectivity index (χ1) is 10.8. The van der Waals surface area contributed by atoms with Crippen LogP contribution in [0.25, 0.3) is 11.5 Å². The van der Waals surface area contributed by atoms with Gasteiger partial charge >= 0.3 is 5.95 Å². The molecule has 22 heavy (non-hydrogen) atoms. The molecule has 0 atom stereocenters. The third-order valence-corrected chi connectivity index (χ3v) is 3.14. The molecule has 0 amide bonds. The van der Waals surface area contributed by atoms with Crippen LogP contribution in [0.4, 0.5) is 5.82 Å². The summed E-state index contributed by atoms with van der Waals surface area (Å²) < 4.78 is 5.36. The van der Waals surface area contributed by atoms with Gasteiger partial charge < -0.3 is 9.52 Å². The van der Waals surface area contributed by atoms with Gasteiger partial charge in [-0.25, -0.2) is 15.0 Å². The van der Waals surface area contributed by atoms with Crippen molar-refractivity contribution in [2.24, 2.45) is 4.99 Å². The van der Waals surface area contributed by atoms with E-state index in [1.807, 2.05) is 49.4 Å². The largest absolute Gasteiger partial charge is 0.479 e. The molecule has 0 fully saturated rings. The first-order valence-corrected chi connectivity index (χ1v) is 7.02. The number of aromatic hydroxyl groups is 1. The molecule has 0 saturated heterocycles. The molecule has 5 heteroatoms. The van der Waals surface area contributed by atoms with Crippen molar-refractivity contribution < 1.29 is 9.52 Å². The fraction of sp³-hybridized carbons (Fsp3) is 0.118. The molecule has 0 spiro atoms. The number of aromatic nitrogens is 2. The van der Waals surface area contributed by atoms with Crippen molar-refractivity contribution >= 4 is 11.5 Å². The lowest BCUT2D eigenvalue weighted by Gasteiger charge is -1.99. The van der Waals surface area contributed by atoms with E-state index in [9.17, 15) is 5.11 Å². The van der Waals surface area contributed by atoms with Gasteiger partial charge in [-0.1, -0.05) is 31.2 Å². The molecule has 1 aromatic carbocycles. The van der Waals surface area contributed by atoms with Crippen LogP contribution in [0.1, 0.15) is 19.0 Å². The van der Waals surface area contributed by atoms with E-state index in [4.69, 9.17) is 4.42 Å². The van der Waals surface area contributed by atoms with Crippen LogP contribution in [-0.2, 0) is 0 Å². The molecule has 0 unspecified atom stereocenters. The number of pyridine rings is 1. The summed E-state index contributed by atoms with van der Waals surface area (Å²) in [6, 6.07) is 14.9. The van der Waals surface area contributed by atoms with Crippen molar-refractivity contribution in [3.8, 4) is 17.4 Å². The van der Waals surface area contributed by atoms with Crippen LogP contribution in [0.3, 0.4) is 0 Å². The quantitative estimate of drug-likeness (QED) is 0.739. The number of aliphatic imine (C=N–C) groups is 1. The Morgan fingerprint density at radius 1 is 1.14 bits per heavy atom. The Morgan fingerprint density at radius 2 is 1.91 bits per heavy atom. The maximum atomic E-state index is 10.0. The average molecular weight is 293 g/mol. The lowest BCUT2D eigenvalue weighted by Crippen LogP contribution is -2.00. The molecular weight excluding hydrogens is 278 g/mol. The Kier molecular flexibility index (Phi) is 3.96. The van der Waals surface area contributed by atoms with E-state index < -0.39 is 0 Å². The Morgan fingerprint density at radius 3 is 2.59 bits per heavy atom. The second-order valence-electron chi connectivity index (χ2n) is 4.64. The van der Waals surface area contributed by atoms with E-state index in [0.717, 1.165) is 5.56 Å². The zero-order chi connectivity index (χ0) is 15.4. The van der Waals surface area contributed by atoms with Crippen LogP contribution in [-0.4, -0.2) is 20.8 Å². The highest BCUT2D eigenvalue weighted by molar-refractivity contribution is 6.02. The van der Waals surface area contributed by atoms with Crippen molar-refractivity contribution in [1.82, 2.24) is 9.97 Å². The summed E-state index contributed by atoms with van der Waals surface area (Å²) in [5, 5.41) is 10.0. The van der Waals surface area contributed by atoms with E-state index in [0.29, 0.717) is 29.5 Å². The number of rotatable bonds is 4. The van der Waals surface area contributed by atoms with Gasteiger partial charge in [-0.2, -0.15) is 0 Å². The van der Waals surface area contributed by atoms with E-state index in [2.05, 4.69) is 15.0 Å². The second-order valence-corrected chi connectivity index (χ2v) is 4.64. The van der Waals surface area contributed by atoms with E-state index in [1.165, 1.54) is 0 Å². The predicted octanol–water partition coefficient (Wildman–Crippen LogP) is 3.97. The number of oxazole rings is 1. The summed E-state index contributed by atoms with van der Waals surface area (Å²) in [6.07, 6.45) is 2.27. The summed E-state index contributed by atoms with van der Waals surface area (Å²) in [5.74, 6) is 0.716. The van der Waals surface area contributed by atoms with Gasteiger partial charge in [0.1, 0.15) is 0 Å². The molecule has 1 N–H and O–H groups in total. The van der Waals surface area contributed by atoms with Gasteiger partial charge in [0, 0.05) is 11.8 Å². The monoisotopic (exact) mass is 293 g/mol. The maximum absolute atomic E-state index is 10.0. The van der Waals surface area contributed by atoms with Crippen LogP contribution in [0.15, 0.2) is 64.1 Å². The van der Waals surface area contributed by atoms with Gasteiger partial charge in [-0.05, 0) is 30.7 Å². The van der Waals surface area contributed by atoms with Crippen LogP contribution in [0.2, 0.25) is 0 Å². The third-order valence-electron chi connectivity index (χ3n) is 3.14. The SMILES string of the molecule is CC/C(=N\c1ccccn1)c1nc(-c2ccccc2)oc1O. The first-order valence-electron chi connectivity index (χ1n) is 7.02. The summed E-state index contributed by atoms with van der Waals surface area (Å²) in [6.45, 7) is 1.94. The Labute approximate surface area is 128 Å². The molecule has 3 aromatic rings. The number of hydrogen-bond acceptors (Lipinski definition) is 5. The minimum atomic E-state index is -0.226. The molecule has 0 aliphatic heterocycles. The van der Waals surface area contributed by atoms with Crippen molar-refractivity contribution in [3.05, 3.63) is 60.4 Å². The Balaban J connectivity index is 2.00. The van der Waals surface area contributed by atoms with Gasteiger partial charge in [0.2, 0.25) is 5.89 Å². The summed E-state index contributed by atoms with van der Waals surface area (Å²) in [5.41, 5.74) is 1.78. The molecule has 2 aromatic heterocycles. The smallest absolute Gasteiger partial charge is 0.312 e. The fourth-order valence-electron chi connectivity index (χ4n) is 2.06. The second kappa shape index (κ2) is 6.22. The van der Waals surface area contributed by atoms with Gasteiger partial charge in [0.05, 0.1) is 5.71 Å². The van der Waals surface area contributed by atoms with Crippen molar-refractivity contribution in [2.45, 2.75) is 13.3 Å². The Hall–Kier alpha value is -2.95. The van der Waals surface area contributed by atoms with Crippen molar-refractivity contribution in [1.29, 1.82) is 0 Å². The molecule has 110 valence electrons. The molecular formula is C17H15N3O2. The van der Waals surface area contributed by atoms with Gasteiger partial charge in [0.25, 0.3) is 0 Å². The summed E-state index contributed by atoms with van der Waals surface area (Å²) in [4.78, 5) is 13.0. The van der Waals surface area contributed by atoms with Crippen LogP contribution >= 0.6 is 0 Å². The minimum absolute atomic E-state index is 0.226. The van der Waals surface area contributed by atoms with Crippen LogP contribution in [0.5, 0.6) is 5.95 Å². The minimum Gasteiger partial charge on any atom is -0.479 e. The van der Waals surface area contributed by atoms with Gasteiger partial charge in [0.15, 0.2) is 11.5 Å². The summed E-state index contributed by atoms with van der Waals surface area (Å²) >= 11 is 0. The standard InChI is InChI=1S/C17H15N3O2/c1-2-13(19-14-10-6-7-11-18-14)15-17(21)22-16(20-15)12-8-4-3-5-9-12/h3-11,21H,2H2,1H3/b19-13+. The predicted molar refractivity (Wildman–Crippen MR) is 84.3 cm³/mol. The fourth-order valence-corrected chi connectivity index (χ4v) is 2.06. The van der Waals surface area contributed by atoms with E-state index >= 15 is 0 Å². The number of benzene rings is 1. The van der Waals surface area contributed by atoms with Crippen molar-refractivity contribution in [3.63, 3.8) is 0 Å². The zero-order valence-corrected chi connectivity index (χ0v) is 12.1. The molecule has 0 bridgehead atoms. The van der Waals surface area contributed by atoms with Crippen LogP contribution in [0, 0.1) is 0 Å². The Bertz CT molecular complexity index is 780. The highest BCUT2D eigenvalue weighted by atomic mass is 16.5. The maximum Gasteiger partial charge on any atom is 0.312 e. The van der Waals surface area contributed by atoms with E-state index in [1.54, 1.807) is 12.3 Å². The molecule has 0 aliphatic rings. The third kappa shape index (κ3) is 2.88. The molecule has 2 heterocycles. The van der Waals surface area contributed by atoms with E-state index in [-0.39, 0.29) is 5.95 Å². The van der Waals surface area contributed by atoms with Gasteiger partial charge in [-0.3, -0.25) is 0 Å². The number of hydrogen-bond donors (Lipinski definition) is 1. The lowest BCUT2D eigenvalue weighted by atomic mass is 10.2. The lowest BCUT2D eigenvalue weighted by molar-refractivity contribution is 0.336. The molecule has 3 rings (SSSR count). The molecule has 5 nitrogen and oxygen atoms in total. The first kappa shape index (κ1) is 14.0. The van der Waals surface area contributed by atoms with Gasteiger partial charge in [-0.15, -0.1) is 0 Å². The molecule has 0 radical (unpaired) electrons. The zero-order valence-electron chi connectivity index (χ0n) is 12.1. The molecule has 0 saturated carbocycles.